The van der Waals surface area contributed by atoms with Crippen LogP contribution in [-0.4, -0.2) is 17.9 Å². The van der Waals surface area contributed by atoms with Crippen LogP contribution in [0.5, 0.6) is 5.75 Å². The van der Waals surface area contributed by atoms with Crippen LogP contribution in [0.2, 0.25) is 0 Å². The zero-order valence-corrected chi connectivity index (χ0v) is 12.1. The molecule has 5 nitrogen and oxygen atoms in total. The highest BCUT2D eigenvalue weighted by Crippen LogP contribution is 2.23. The third-order valence-corrected chi connectivity index (χ3v) is 1.93. The van der Waals surface area contributed by atoms with Gasteiger partial charge in [-0.05, 0) is 32.0 Å². The topological polar surface area (TPSA) is 81.4 Å². The smallest absolute Gasteiger partial charge is 0.252 e. The Hall–Kier alpha value is -2.04. The van der Waals surface area contributed by atoms with E-state index in [4.69, 9.17) is 10.5 Å². The number of ether oxygens (including phenoxy) is 1. The van der Waals surface area contributed by atoms with Crippen molar-refractivity contribution in [1.29, 1.82) is 0 Å². The molecule has 0 saturated carbocycles. The summed E-state index contributed by atoms with van der Waals surface area (Å²) < 4.78 is 5.45. The zero-order valence-electron chi connectivity index (χ0n) is 12.1. The van der Waals surface area contributed by atoms with Crippen LogP contribution in [0.25, 0.3) is 0 Å². The molecule has 1 aromatic carbocycles. The lowest BCUT2D eigenvalue weighted by Gasteiger charge is -2.13. The maximum Gasteiger partial charge on any atom is 0.252 e. The van der Waals surface area contributed by atoms with Crippen LogP contribution in [0.15, 0.2) is 18.2 Å². The largest absolute Gasteiger partial charge is 0.490 e. The van der Waals surface area contributed by atoms with Crippen molar-refractivity contribution in [2.45, 2.75) is 40.7 Å². The Morgan fingerprint density at radius 3 is 2.26 bits per heavy atom. The fraction of sp³-hybridized carbons (Fsp3) is 0.429. The van der Waals surface area contributed by atoms with Crippen molar-refractivity contribution < 1.29 is 14.3 Å². The van der Waals surface area contributed by atoms with Gasteiger partial charge in [-0.15, -0.1) is 0 Å². The molecule has 0 atom stereocenters. The summed E-state index contributed by atoms with van der Waals surface area (Å²) in [6.45, 7) is 9.10. The molecule has 0 aliphatic carbocycles. The van der Waals surface area contributed by atoms with Gasteiger partial charge in [0, 0.05) is 12.6 Å². The van der Waals surface area contributed by atoms with Crippen LogP contribution < -0.4 is 15.8 Å². The molecule has 106 valence electrons. The summed E-state index contributed by atoms with van der Waals surface area (Å²) >= 11 is 0. The highest BCUT2D eigenvalue weighted by atomic mass is 16.5. The Morgan fingerprint density at radius 2 is 1.84 bits per heavy atom. The van der Waals surface area contributed by atoms with Crippen LogP contribution in [0.3, 0.4) is 0 Å². The molecule has 5 heteroatoms. The van der Waals surface area contributed by atoms with Gasteiger partial charge >= 0.3 is 0 Å². The second kappa shape index (κ2) is 8.13. The van der Waals surface area contributed by atoms with E-state index < -0.39 is 5.91 Å². The average molecular weight is 266 g/mol. The molecule has 2 amide bonds. The van der Waals surface area contributed by atoms with E-state index in [0.29, 0.717) is 11.4 Å². The summed E-state index contributed by atoms with van der Waals surface area (Å²) in [6, 6.07) is 4.78. The standard InChI is InChI=1S/C12H16N2O3.C2H6/c1-7(2)17-11-5-4-9(14-8(3)15)6-10(11)12(13)16;1-2/h4-7H,1-3H3,(H2,13,16)(H,14,15);1-2H3. The van der Waals surface area contributed by atoms with E-state index in [1.54, 1.807) is 12.1 Å². The Kier molecular flexibility index (Phi) is 7.26. The number of nitrogens with one attached hydrogen (secondary N) is 1. The van der Waals surface area contributed by atoms with Crippen molar-refractivity contribution in [3.05, 3.63) is 23.8 Å². The molecule has 0 unspecified atom stereocenters. The van der Waals surface area contributed by atoms with Gasteiger partial charge in [-0.3, -0.25) is 9.59 Å². The molecule has 0 aliphatic heterocycles. The summed E-state index contributed by atoms with van der Waals surface area (Å²) in [4.78, 5) is 22.2. The molecule has 3 N–H and O–H groups in total. The summed E-state index contributed by atoms with van der Waals surface area (Å²) in [7, 11) is 0. The lowest BCUT2D eigenvalue weighted by atomic mass is 10.1. The monoisotopic (exact) mass is 266 g/mol. The molecule has 0 saturated heterocycles. The lowest BCUT2D eigenvalue weighted by Crippen LogP contribution is -2.16. The normalized spacial score (nSPS) is 9.37. The van der Waals surface area contributed by atoms with Gasteiger partial charge in [-0.1, -0.05) is 13.8 Å². The minimum Gasteiger partial charge on any atom is -0.490 e. The van der Waals surface area contributed by atoms with E-state index >= 15 is 0 Å². The first kappa shape index (κ1) is 17.0. The molecule has 0 radical (unpaired) electrons. The summed E-state index contributed by atoms with van der Waals surface area (Å²) in [5.74, 6) is -0.382. The van der Waals surface area contributed by atoms with Crippen molar-refractivity contribution in [2.24, 2.45) is 5.73 Å². The van der Waals surface area contributed by atoms with Crippen LogP contribution in [0.4, 0.5) is 5.69 Å². The average Bonchev–Trinajstić information content (AvgIpc) is 2.32. The number of nitrogens with two attached hydrogens (primary N) is 1. The van der Waals surface area contributed by atoms with E-state index in [1.165, 1.54) is 13.0 Å². The molecule has 0 aliphatic rings. The number of hydrogen-bond acceptors (Lipinski definition) is 3. The van der Waals surface area contributed by atoms with Gasteiger partial charge in [0.05, 0.1) is 11.7 Å². The van der Waals surface area contributed by atoms with Gasteiger partial charge in [-0.2, -0.15) is 0 Å². The molecule has 1 rings (SSSR count). The number of rotatable bonds is 4. The second-order valence-corrected chi connectivity index (χ2v) is 3.92. The maximum atomic E-state index is 11.3. The first-order valence-electron chi connectivity index (χ1n) is 6.28. The highest BCUT2D eigenvalue weighted by molar-refractivity contribution is 5.98. The minimum absolute atomic E-state index is 0.0558. The highest BCUT2D eigenvalue weighted by Gasteiger charge is 2.12. The van der Waals surface area contributed by atoms with Crippen LogP contribution in [0, 0.1) is 0 Å². The number of primary amides is 1. The second-order valence-electron chi connectivity index (χ2n) is 3.92. The summed E-state index contributed by atoms with van der Waals surface area (Å²) in [5, 5.41) is 2.58. The van der Waals surface area contributed by atoms with Crippen LogP contribution in [-0.2, 0) is 4.79 Å². The Labute approximate surface area is 114 Å². The Bertz CT molecular complexity index is 442. The van der Waals surface area contributed by atoms with Gasteiger partial charge in [0.25, 0.3) is 5.91 Å². The molecule has 1 aromatic rings. The third-order valence-electron chi connectivity index (χ3n) is 1.93. The van der Waals surface area contributed by atoms with E-state index in [2.05, 4.69) is 5.32 Å². The minimum atomic E-state index is -0.590. The van der Waals surface area contributed by atoms with E-state index in [1.807, 2.05) is 27.7 Å². The van der Waals surface area contributed by atoms with Crippen LogP contribution in [0.1, 0.15) is 45.0 Å². The number of benzene rings is 1. The fourth-order valence-electron chi connectivity index (χ4n) is 1.36. The van der Waals surface area contributed by atoms with Gasteiger partial charge in [0.1, 0.15) is 5.75 Å². The predicted octanol–water partition coefficient (Wildman–Crippen LogP) is 2.56. The van der Waals surface area contributed by atoms with Gasteiger partial charge < -0.3 is 15.8 Å². The molecule has 0 bridgehead atoms. The quantitative estimate of drug-likeness (QED) is 0.878. The van der Waals surface area contributed by atoms with Crippen molar-refractivity contribution >= 4 is 17.5 Å². The first-order chi connectivity index (χ1) is 8.90. The molecular weight excluding hydrogens is 244 g/mol. The number of hydrogen-bond donors (Lipinski definition) is 2. The van der Waals surface area contributed by atoms with Crippen molar-refractivity contribution in [2.75, 3.05) is 5.32 Å². The number of amides is 2. The zero-order chi connectivity index (χ0) is 15.0. The Balaban J connectivity index is 0.00000154. The van der Waals surface area contributed by atoms with Crippen LogP contribution >= 0.6 is 0 Å². The molecule has 19 heavy (non-hydrogen) atoms. The summed E-state index contributed by atoms with van der Waals surface area (Å²) in [5.41, 5.74) is 6.03. The van der Waals surface area contributed by atoms with Crippen molar-refractivity contribution in [3.63, 3.8) is 0 Å². The summed E-state index contributed by atoms with van der Waals surface area (Å²) in [6.07, 6.45) is -0.0558. The molecule has 0 spiro atoms. The first-order valence-corrected chi connectivity index (χ1v) is 6.28. The Morgan fingerprint density at radius 1 is 1.26 bits per heavy atom. The van der Waals surface area contributed by atoms with Gasteiger partial charge in [0.2, 0.25) is 5.91 Å². The van der Waals surface area contributed by atoms with Gasteiger partial charge in [-0.25, -0.2) is 0 Å². The maximum absolute atomic E-state index is 11.3. The number of anilines is 1. The van der Waals surface area contributed by atoms with Crippen molar-refractivity contribution in [1.82, 2.24) is 0 Å². The van der Waals surface area contributed by atoms with E-state index in [0.717, 1.165) is 0 Å². The SMILES string of the molecule is CC.CC(=O)Nc1ccc(OC(C)C)c(C(N)=O)c1. The van der Waals surface area contributed by atoms with E-state index in [-0.39, 0.29) is 17.6 Å². The predicted molar refractivity (Wildman–Crippen MR) is 76.4 cm³/mol. The number of carbonyl (C=O) groups is 2. The molecule has 0 heterocycles. The van der Waals surface area contributed by atoms with Crippen molar-refractivity contribution in [3.8, 4) is 5.75 Å². The van der Waals surface area contributed by atoms with E-state index in [9.17, 15) is 9.59 Å². The molecule has 0 aromatic heterocycles. The number of carbonyl (C=O) groups excluding carboxylic acids is 2. The fourth-order valence-corrected chi connectivity index (χ4v) is 1.36. The lowest BCUT2D eigenvalue weighted by molar-refractivity contribution is -0.114. The molecule has 0 fully saturated rings. The van der Waals surface area contributed by atoms with Gasteiger partial charge in [0.15, 0.2) is 0 Å². The molecular formula is C14H22N2O3. The third kappa shape index (κ3) is 5.90.